The first-order valence-electron chi connectivity index (χ1n) is 8.46. The lowest BCUT2D eigenvalue weighted by atomic mass is 10.1. The van der Waals surface area contributed by atoms with Gasteiger partial charge in [0.25, 0.3) is 0 Å². The molecule has 1 heterocycles. The molecule has 0 saturated heterocycles. The number of hydrogen-bond acceptors (Lipinski definition) is 7. The van der Waals surface area contributed by atoms with Gasteiger partial charge in [0.1, 0.15) is 11.4 Å². The summed E-state index contributed by atoms with van der Waals surface area (Å²) in [4.78, 5) is 8.81. The molecule has 0 aliphatic carbocycles. The Bertz CT molecular complexity index is 1010. The zero-order chi connectivity index (χ0) is 20.1. The first kappa shape index (κ1) is 19.5. The van der Waals surface area contributed by atoms with Gasteiger partial charge in [0, 0.05) is 32.6 Å². The molecule has 144 valence electrons. The molecule has 0 radical (unpaired) electrons. The second-order valence-electron chi connectivity index (χ2n) is 6.15. The quantitative estimate of drug-likeness (QED) is 0.496. The van der Waals surface area contributed by atoms with Crippen molar-refractivity contribution in [3.05, 3.63) is 53.3 Å². The van der Waals surface area contributed by atoms with Gasteiger partial charge in [0.05, 0.1) is 29.2 Å². The number of aryl methyl sites for hydroxylation is 1. The van der Waals surface area contributed by atoms with E-state index in [0.29, 0.717) is 33.8 Å². The maximum absolute atomic E-state index is 6.29. The SMILES string of the molecule is COc1cc(N=Nc2ccc(N(C)C)c(Cl)c2)c(C)cc1N=Nc1ncc[nH]1. The highest BCUT2D eigenvalue weighted by Crippen LogP contribution is 2.36. The second-order valence-corrected chi connectivity index (χ2v) is 6.56. The van der Waals surface area contributed by atoms with Gasteiger partial charge in [-0.05, 0) is 36.8 Å². The van der Waals surface area contributed by atoms with Crippen molar-refractivity contribution in [2.24, 2.45) is 20.5 Å². The van der Waals surface area contributed by atoms with Crippen LogP contribution in [0.3, 0.4) is 0 Å². The lowest BCUT2D eigenvalue weighted by Crippen LogP contribution is -2.08. The van der Waals surface area contributed by atoms with Crippen LogP contribution in [-0.4, -0.2) is 31.2 Å². The van der Waals surface area contributed by atoms with Gasteiger partial charge in [0.15, 0.2) is 0 Å². The Kier molecular flexibility index (Phi) is 6.00. The van der Waals surface area contributed by atoms with E-state index in [2.05, 4.69) is 30.4 Å². The number of halogens is 1. The Hall–Kier alpha value is -3.26. The van der Waals surface area contributed by atoms with Crippen molar-refractivity contribution in [1.82, 2.24) is 9.97 Å². The fraction of sp³-hybridized carbons (Fsp3) is 0.211. The highest BCUT2D eigenvalue weighted by molar-refractivity contribution is 6.33. The number of hydrogen-bond donors (Lipinski definition) is 1. The van der Waals surface area contributed by atoms with Gasteiger partial charge in [-0.2, -0.15) is 10.2 Å². The molecule has 3 aromatic rings. The molecule has 0 unspecified atom stereocenters. The highest BCUT2D eigenvalue weighted by Gasteiger charge is 2.09. The van der Waals surface area contributed by atoms with Crippen LogP contribution in [0.1, 0.15) is 5.56 Å². The number of anilines is 1. The zero-order valence-corrected chi connectivity index (χ0v) is 16.8. The number of aromatic nitrogens is 2. The Morgan fingerprint density at radius 3 is 2.46 bits per heavy atom. The molecular formula is C19H20ClN7O. The predicted molar refractivity (Wildman–Crippen MR) is 110 cm³/mol. The van der Waals surface area contributed by atoms with Crippen LogP contribution in [0.5, 0.6) is 5.75 Å². The van der Waals surface area contributed by atoms with Gasteiger partial charge >= 0.3 is 0 Å². The Balaban J connectivity index is 1.86. The number of rotatable bonds is 6. The number of benzene rings is 2. The summed E-state index contributed by atoms with van der Waals surface area (Å²) in [5, 5.41) is 17.5. The molecule has 0 saturated carbocycles. The van der Waals surface area contributed by atoms with Crippen LogP contribution < -0.4 is 9.64 Å². The van der Waals surface area contributed by atoms with E-state index in [1.165, 1.54) is 0 Å². The second kappa shape index (κ2) is 8.62. The van der Waals surface area contributed by atoms with Crippen LogP contribution in [0.25, 0.3) is 0 Å². The molecule has 2 aromatic carbocycles. The zero-order valence-electron chi connectivity index (χ0n) is 16.0. The normalized spacial score (nSPS) is 11.5. The standard InChI is InChI=1S/C19H20ClN7O/c1-12-9-16(25-26-19-21-7-8-22-19)18(28-4)11-15(12)24-23-13-5-6-17(27(2)3)14(20)10-13/h5-11H,1-4H3,(H,21,22). The number of azo groups is 2. The molecule has 0 amide bonds. The summed E-state index contributed by atoms with van der Waals surface area (Å²) in [5.41, 5.74) is 3.71. The van der Waals surface area contributed by atoms with E-state index in [4.69, 9.17) is 16.3 Å². The van der Waals surface area contributed by atoms with Crippen LogP contribution in [-0.2, 0) is 0 Å². The van der Waals surface area contributed by atoms with Crippen molar-refractivity contribution in [3.8, 4) is 5.75 Å². The van der Waals surface area contributed by atoms with E-state index in [0.717, 1.165) is 11.3 Å². The van der Waals surface area contributed by atoms with Crippen molar-refractivity contribution in [2.75, 3.05) is 26.1 Å². The first-order chi connectivity index (χ1) is 13.5. The molecule has 28 heavy (non-hydrogen) atoms. The van der Waals surface area contributed by atoms with Gasteiger partial charge in [-0.1, -0.05) is 11.6 Å². The molecule has 0 aliphatic heterocycles. The summed E-state index contributed by atoms with van der Waals surface area (Å²) >= 11 is 6.29. The molecule has 0 aliphatic rings. The molecule has 0 bridgehead atoms. The Labute approximate surface area is 168 Å². The van der Waals surface area contributed by atoms with Gasteiger partial charge in [-0.25, -0.2) is 4.98 Å². The third-order valence-corrected chi connectivity index (χ3v) is 4.22. The van der Waals surface area contributed by atoms with E-state index in [1.807, 2.05) is 44.1 Å². The van der Waals surface area contributed by atoms with E-state index in [1.54, 1.807) is 31.6 Å². The Morgan fingerprint density at radius 2 is 1.82 bits per heavy atom. The summed E-state index contributed by atoms with van der Waals surface area (Å²) in [6.07, 6.45) is 3.29. The average Bonchev–Trinajstić information content (AvgIpc) is 3.18. The van der Waals surface area contributed by atoms with E-state index in [9.17, 15) is 0 Å². The number of ether oxygens (including phenoxy) is 1. The number of nitrogens with zero attached hydrogens (tertiary/aromatic N) is 6. The molecule has 0 spiro atoms. The number of methoxy groups -OCH3 is 1. The number of H-pyrrole nitrogens is 1. The molecular weight excluding hydrogens is 378 g/mol. The molecule has 1 N–H and O–H groups in total. The van der Waals surface area contributed by atoms with Crippen LogP contribution in [0.15, 0.2) is 63.2 Å². The average molecular weight is 398 g/mol. The summed E-state index contributed by atoms with van der Waals surface area (Å²) in [7, 11) is 5.43. The Morgan fingerprint density at radius 1 is 1.04 bits per heavy atom. The maximum atomic E-state index is 6.29. The van der Waals surface area contributed by atoms with Crippen LogP contribution in [0.4, 0.5) is 28.7 Å². The number of nitrogens with one attached hydrogen (secondary N) is 1. The van der Waals surface area contributed by atoms with Crippen LogP contribution >= 0.6 is 11.6 Å². The third kappa shape index (κ3) is 4.52. The lowest BCUT2D eigenvalue weighted by molar-refractivity contribution is 0.416. The van der Waals surface area contributed by atoms with Gasteiger partial charge < -0.3 is 14.6 Å². The fourth-order valence-electron chi connectivity index (χ4n) is 2.46. The monoisotopic (exact) mass is 397 g/mol. The topological polar surface area (TPSA) is 90.6 Å². The van der Waals surface area contributed by atoms with Crippen molar-refractivity contribution in [2.45, 2.75) is 6.92 Å². The minimum atomic E-state index is 0.418. The number of imidazole rings is 1. The molecule has 0 atom stereocenters. The third-order valence-electron chi connectivity index (χ3n) is 3.92. The van der Waals surface area contributed by atoms with Gasteiger partial charge in [-0.3, -0.25) is 0 Å². The summed E-state index contributed by atoms with van der Waals surface area (Å²) in [6, 6.07) is 9.15. The predicted octanol–water partition coefficient (Wildman–Crippen LogP) is 6.28. The van der Waals surface area contributed by atoms with Crippen molar-refractivity contribution in [3.63, 3.8) is 0 Å². The number of aromatic amines is 1. The fourth-order valence-corrected chi connectivity index (χ4v) is 2.80. The summed E-state index contributed by atoms with van der Waals surface area (Å²) < 4.78 is 5.41. The first-order valence-corrected chi connectivity index (χ1v) is 8.84. The minimum Gasteiger partial charge on any atom is -0.494 e. The summed E-state index contributed by atoms with van der Waals surface area (Å²) in [6.45, 7) is 1.92. The van der Waals surface area contributed by atoms with Crippen LogP contribution in [0.2, 0.25) is 5.02 Å². The molecule has 3 rings (SSSR count). The van der Waals surface area contributed by atoms with Crippen molar-refractivity contribution in [1.29, 1.82) is 0 Å². The van der Waals surface area contributed by atoms with Gasteiger partial charge in [-0.15, -0.1) is 10.2 Å². The summed E-state index contributed by atoms with van der Waals surface area (Å²) in [5.74, 6) is 0.956. The largest absolute Gasteiger partial charge is 0.494 e. The molecule has 9 heteroatoms. The minimum absolute atomic E-state index is 0.418. The smallest absolute Gasteiger partial charge is 0.246 e. The van der Waals surface area contributed by atoms with Crippen molar-refractivity contribution >= 4 is 40.3 Å². The van der Waals surface area contributed by atoms with E-state index in [-0.39, 0.29) is 0 Å². The van der Waals surface area contributed by atoms with E-state index >= 15 is 0 Å². The highest BCUT2D eigenvalue weighted by atomic mass is 35.5. The molecule has 0 fully saturated rings. The van der Waals surface area contributed by atoms with Crippen molar-refractivity contribution < 1.29 is 4.74 Å². The van der Waals surface area contributed by atoms with E-state index < -0.39 is 0 Å². The maximum Gasteiger partial charge on any atom is 0.246 e. The van der Waals surface area contributed by atoms with Crippen LogP contribution in [0, 0.1) is 6.92 Å². The van der Waals surface area contributed by atoms with Gasteiger partial charge in [0.2, 0.25) is 5.95 Å². The lowest BCUT2D eigenvalue weighted by Gasteiger charge is -2.14. The molecule has 8 nitrogen and oxygen atoms in total. The molecule has 1 aromatic heterocycles.